The topological polar surface area (TPSA) is 15.3 Å². The van der Waals surface area contributed by atoms with Crippen molar-refractivity contribution in [2.45, 2.75) is 31.7 Å². The van der Waals surface area contributed by atoms with Crippen LogP contribution in [0.5, 0.6) is 0 Å². The van der Waals surface area contributed by atoms with E-state index < -0.39 is 0 Å². The van der Waals surface area contributed by atoms with Crippen LogP contribution in [0.1, 0.15) is 31.2 Å². The van der Waals surface area contributed by atoms with Crippen molar-refractivity contribution in [3.8, 4) is 0 Å². The van der Waals surface area contributed by atoms with Crippen molar-refractivity contribution < 1.29 is 0 Å². The fraction of sp³-hybridized carbons (Fsp3) is 0.600. The molecule has 0 bridgehead atoms. The first-order chi connectivity index (χ1) is 8.69. The number of likely N-dealkylation sites (N-methyl/N-ethyl adjacent to an activating group) is 1. The van der Waals surface area contributed by atoms with Gasteiger partial charge in [0.05, 0.1) is 0 Å². The summed E-state index contributed by atoms with van der Waals surface area (Å²) in [4.78, 5) is 2.59. The van der Waals surface area contributed by atoms with Gasteiger partial charge in [-0.2, -0.15) is 0 Å². The first kappa shape index (κ1) is 14.0. The van der Waals surface area contributed by atoms with Crippen molar-refractivity contribution in [3.05, 3.63) is 34.3 Å². The molecule has 2 rings (SSSR count). The highest BCUT2D eigenvalue weighted by Crippen LogP contribution is 2.22. The van der Waals surface area contributed by atoms with Gasteiger partial charge in [0, 0.05) is 23.6 Å². The molecular weight excluding hydrogens is 288 g/mol. The first-order valence-corrected chi connectivity index (χ1v) is 7.63. The maximum absolute atomic E-state index is 3.55. The van der Waals surface area contributed by atoms with E-state index in [4.69, 9.17) is 0 Å². The lowest BCUT2D eigenvalue weighted by atomic mass is 9.98. The second-order valence-corrected chi connectivity index (χ2v) is 6.26. The number of hydrogen-bond acceptors (Lipinski definition) is 2. The zero-order chi connectivity index (χ0) is 13.0. The second-order valence-electron chi connectivity index (χ2n) is 5.34. The van der Waals surface area contributed by atoms with Crippen LogP contribution in [0.2, 0.25) is 0 Å². The number of nitrogens with one attached hydrogen (secondary N) is 1. The molecule has 0 aromatic heterocycles. The van der Waals surface area contributed by atoms with Crippen LogP contribution in [0, 0.1) is 0 Å². The van der Waals surface area contributed by atoms with Gasteiger partial charge in [-0.15, -0.1) is 0 Å². The van der Waals surface area contributed by atoms with Crippen molar-refractivity contribution in [1.29, 1.82) is 0 Å². The average molecular weight is 311 g/mol. The zero-order valence-corrected chi connectivity index (χ0v) is 12.9. The van der Waals surface area contributed by atoms with Crippen LogP contribution in [0.25, 0.3) is 0 Å². The Morgan fingerprint density at radius 1 is 1.50 bits per heavy atom. The molecule has 18 heavy (non-hydrogen) atoms. The molecule has 100 valence electrons. The summed E-state index contributed by atoms with van der Waals surface area (Å²) in [6.07, 6.45) is 2.63. The maximum atomic E-state index is 3.55. The minimum atomic E-state index is 0.595. The van der Waals surface area contributed by atoms with Gasteiger partial charge in [-0.3, -0.25) is 0 Å². The molecule has 1 saturated heterocycles. The first-order valence-electron chi connectivity index (χ1n) is 6.84. The number of halogens is 1. The molecular formula is C15H23BrN2. The molecule has 3 heteroatoms. The molecule has 1 N–H and O–H groups in total. The number of piperidine rings is 1. The van der Waals surface area contributed by atoms with Gasteiger partial charge < -0.3 is 10.2 Å². The fourth-order valence-corrected chi connectivity index (χ4v) is 3.18. The Morgan fingerprint density at radius 2 is 2.33 bits per heavy atom. The molecule has 2 atom stereocenters. The number of nitrogens with zero attached hydrogens (tertiary/aromatic N) is 1. The SMILES string of the molecule is CNC1CCCN(CC(C)c2cccc(Br)c2)C1. The van der Waals surface area contributed by atoms with E-state index in [0.717, 1.165) is 6.54 Å². The summed E-state index contributed by atoms with van der Waals surface area (Å²) in [5.74, 6) is 0.595. The monoisotopic (exact) mass is 310 g/mol. The Labute approximate surface area is 119 Å². The quantitative estimate of drug-likeness (QED) is 0.918. The predicted octanol–water partition coefficient (Wildman–Crippen LogP) is 3.24. The van der Waals surface area contributed by atoms with Gasteiger partial charge in [0.1, 0.15) is 0 Å². The third-order valence-electron chi connectivity index (χ3n) is 3.86. The lowest BCUT2D eigenvalue weighted by Crippen LogP contribution is -2.45. The maximum Gasteiger partial charge on any atom is 0.0192 e. The number of hydrogen-bond donors (Lipinski definition) is 1. The Balaban J connectivity index is 1.92. The van der Waals surface area contributed by atoms with Crippen LogP contribution < -0.4 is 5.32 Å². The van der Waals surface area contributed by atoms with Crippen molar-refractivity contribution in [2.75, 3.05) is 26.7 Å². The van der Waals surface area contributed by atoms with Crippen LogP contribution in [0.4, 0.5) is 0 Å². The Hall–Kier alpha value is -0.380. The van der Waals surface area contributed by atoms with Gasteiger partial charge in [0.2, 0.25) is 0 Å². The molecule has 0 spiro atoms. The standard InChI is InChI=1S/C15H23BrN2/c1-12(13-5-3-6-14(16)9-13)10-18-8-4-7-15(11-18)17-2/h3,5-6,9,12,15,17H,4,7-8,10-11H2,1-2H3. The van der Waals surface area contributed by atoms with Gasteiger partial charge in [-0.1, -0.05) is 35.0 Å². The number of benzene rings is 1. The third-order valence-corrected chi connectivity index (χ3v) is 4.36. The highest BCUT2D eigenvalue weighted by atomic mass is 79.9. The van der Waals surface area contributed by atoms with Crippen LogP contribution in [-0.4, -0.2) is 37.6 Å². The van der Waals surface area contributed by atoms with E-state index in [1.165, 1.54) is 36.0 Å². The summed E-state index contributed by atoms with van der Waals surface area (Å²) in [6.45, 7) is 5.92. The highest BCUT2D eigenvalue weighted by molar-refractivity contribution is 9.10. The summed E-state index contributed by atoms with van der Waals surface area (Å²) in [7, 11) is 2.08. The van der Waals surface area contributed by atoms with Crippen LogP contribution in [0.15, 0.2) is 28.7 Å². The van der Waals surface area contributed by atoms with E-state index >= 15 is 0 Å². The van der Waals surface area contributed by atoms with Crippen LogP contribution in [0.3, 0.4) is 0 Å². The molecule has 2 nitrogen and oxygen atoms in total. The number of likely N-dealkylation sites (tertiary alicyclic amines) is 1. The average Bonchev–Trinajstić information content (AvgIpc) is 2.39. The summed E-state index contributed by atoms with van der Waals surface area (Å²) in [6, 6.07) is 9.36. The smallest absolute Gasteiger partial charge is 0.0192 e. The molecule has 0 aliphatic carbocycles. The van der Waals surface area contributed by atoms with Gasteiger partial charge >= 0.3 is 0 Å². The lowest BCUT2D eigenvalue weighted by Gasteiger charge is -2.34. The summed E-state index contributed by atoms with van der Waals surface area (Å²) >= 11 is 3.55. The van der Waals surface area contributed by atoms with Crippen LogP contribution >= 0.6 is 15.9 Å². The minimum Gasteiger partial charge on any atom is -0.316 e. The molecule has 0 radical (unpaired) electrons. The molecule has 1 aromatic rings. The summed E-state index contributed by atoms with van der Waals surface area (Å²) in [5.41, 5.74) is 1.43. The molecule has 1 aromatic carbocycles. The molecule has 0 amide bonds. The molecule has 2 unspecified atom stereocenters. The fourth-order valence-electron chi connectivity index (χ4n) is 2.76. The van der Waals surface area contributed by atoms with Crippen molar-refractivity contribution in [1.82, 2.24) is 10.2 Å². The second kappa shape index (κ2) is 6.69. The zero-order valence-electron chi connectivity index (χ0n) is 11.3. The van der Waals surface area contributed by atoms with E-state index in [9.17, 15) is 0 Å². The van der Waals surface area contributed by atoms with Gasteiger partial charge in [-0.05, 0) is 50.0 Å². The number of rotatable bonds is 4. The predicted molar refractivity (Wildman–Crippen MR) is 81.1 cm³/mol. The largest absolute Gasteiger partial charge is 0.316 e. The van der Waals surface area contributed by atoms with Crippen LogP contribution in [-0.2, 0) is 0 Å². The minimum absolute atomic E-state index is 0.595. The third kappa shape index (κ3) is 3.81. The summed E-state index contributed by atoms with van der Waals surface area (Å²) in [5, 5.41) is 3.41. The van der Waals surface area contributed by atoms with Crippen molar-refractivity contribution in [3.63, 3.8) is 0 Å². The lowest BCUT2D eigenvalue weighted by molar-refractivity contribution is 0.187. The molecule has 1 aliphatic heterocycles. The summed E-state index contributed by atoms with van der Waals surface area (Å²) < 4.78 is 1.18. The highest BCUT2D eigenvalue weighted by Gasteiger charge is 2.20. The van der Waals surface area contributed by atoms with Gasteiger partial charge in [-0.25, -0.2) is 0 Å². The molecule has 0 saturated carbocycles. The van der Waals surface area contributed by atoms with Gasteiger partial charge in [0.15, 0.2) is 0 Å². The van der Waals surface area contributed by atoms with Gasteiger partial charge in [0.25, 0.3) is 0 Å². The van der Waals surface area contributed by atoms with E-state index in [1.54, 1.807) is 0 Å². The Bertz CT molecular complexity index is 381. The molecule has 1 aliphatic rings. The van der Waals surface area contributed by atoms with E-state index in [1.807, 2.05) is 0 Å². The normalized spacial score (nSPS) is 22.9. The Kier molecular flexibility index (Phi) is 5.22. The van der Waals surface area contributed by atoms with Crippen molar-refractivity contribution >= 4 is 15.9 Å². The molecule has 1 heterocycles. The van der Waals surface area contributed by atoms with Crippen molar-refractivity contribution in [2.24, 2.45) is 0 Å². The Morgan fingerprint density at radius 3 is 3.06 bits per heavy atom. The van der Waals surface area contributed by atoms with E-state index in [2.05, 4.69) is 64.4 Å². The molecule has 1 fully saturated rings. The van der Waals surface area contributed by atoms with E-state index in [-0.39, 0.29) is 0 Å². The van der Waals surface area contributed by atoms with E-state index in [0.29, 0.717) is 12.0 Å².